The van der Waals surface area contributed by atoms with E-state index in [4.69, 9.17) is 16.3 Å². The third-order valence-corrected chi connectivity index (χ3v) is 3.49. The average molecular weight is 227 g/mol. The average Bonchev–Trinajstić information content (AvgIpc) is 2.23. The van der Waals surface area contributed by atoms with E-state index in [2.05, 4.69) is 0 Å². The van der Waals surface area contributed by atoms with Crippen LogP contribution in [0.15, 0.2) is 0 Å². The molecule has 3 heteroatoms. The fourth-order valence-corrected chi connectivity index (χ4v) is 1.95. The van der Waals surface area contributed by atoms with Crippen LogP contribution in [0.3, 0.4) is 0 Å². The summed E-state index contributed by atoms with van der Waals surface area (Å²) in [6, 6.07) is 0. The van der Waals surface area contributed by atoms with E-state index in [-0.39, 0.29) is 5.97 Å². The Morgan fingerprint density at radius 1 is 1.00 bits per heavy atom. The lowest BCUT2D eigenvalue weighted by atomic mass is 9.94. The van der Waals surface area contributed by atoms with Crippen molar-refractivity contribution in [1.29, 1.82) is 0 Å². The molecule has 0 atom stereocenters. The Morgan fingerprint density at radius 2 is 1.53 bits per heavy atom. The van der Waals surface area contributed by atoms with E-state index in [1.165, 1.54) is 7.11 Å². The predicted octanol–water partition coefficient (Wildman–Crippen LogP) is 3.36. The highest BCUT2D eigenvalue weighted by Gasteiger charge is 2.19. The van der Waals surface area contributed by atoms with Gasteiger partial charge < -0.3 is 4.74 Å². The first-order valence-electron chi connectivity index (χ1n) is 4.76. The quantitative estimate of drug-likeness (QED) is 0.687. The van der Waals surface area contributed by atoms with Gasteiger partial charge in [0, 0.05) is 5.02 Å². The Hall–Kier alpha value is -1.02. The smallest absolute Gasteiger partial charge is 0.338 e. The van der Waals surface area contributed by atoms with E-state index in [1.54, 1.807) is 0 Å². The van der Waals surface area contributed by atoms with Crippen LogP contribution in [0.25, 0.3) is 0 Å². The van der Waals surface area contributed by atoms with Gasteiger partial charge in [0.15, 0.2) is 0 Å². The van der Waals surface area contributed by atoms with E-state index in [1.807, 2.05) is 27.7 Å². The molecule has 0 N–H and O–H groups in total. The number of rotatable bonds is 1. The standard InChI is InChI=1S/C12H15ClO2/c1-6-7(2)10(12(14)15-5)9(4)11(13)8(6)3/h1-5H3. The minimum atomic E-state index is -0.324. The van der Waals surface area contributed by atoms with Crippen LogP contribution < -0.4 is 0 Å². The second-order valence-electron chi connectivity index (χ2n) is 3.68. The fraction of sp³-hybridized carbons (Fsp3) is 0.417. The van der Waals surface area contributed by atoms with Gasteiger partial charge in [-0.2, -0.15) is 0 Å². The third-order valence-electron chi connectivity index (χ3n) is 2.92. The van der Waals surface area contributed by atoms with E-state index >= 15 is 0 Å². The summed E-state index contributed by atoms with van der Waals surface area (Å²) >= 11 is 6.15. The summed E-state index contributed by atoms with van der Waals surface area (Å²) < 4.78 is 4.75. The highest BCUT2D eigenvalue weighted by molar-refractivity contribution is 6.32. The molecule has 0 aromatic heterocycles. The largest absolute Gasteiger partial charge is 0.465 e. The van der Waals surface area contributed by atoms with Gasteiger partial charge in [0.25, 0.3) is 0 Å². The number of carbonyl (C=O) groups excluding carboxylic acids is 1. The summed E-state index contributed by atoms with van der Waals surface area (Å²) in [5, 5.41) is 0.651. The number of halogens is 1. The topological polar surface area (TPSA) is 26.3 Å². The van der Waals surface area contributed by atoms with Gasteiger partial charge in [-0.3, -0.25) is 0 Å². The van der Waals surface area contributed by atoms with Gasteiger partial charge in [-0.05, 0) is 49.9 Å². The van der Waals surface area contributed by atoms with Crippen LogP contribution in [0, 0.1) is 27.7 Å². The molecule has 0 aliphatic heterocycles. The van der Waals surface area contributed by atoms with Crippen molar-refractivity contribution in [2.45, 2.75) is 27.7 Å². The van der Waals surface area contributed by atoms with Crippen molar-refractivity contribution in [3.63, 3.8) is 0 Å². The first kappa shape index (κ1) is 12.1. The zero-order valence-electron chi connectivity index (χ0n) is 9.69. The summed E-state index contributed by atoms with van der Waals surface area (Å²) in [6.07, 6.45) is 0. The minimum Gasteiger partial charge on any atom is -0.465 e. The van der Waals surface area contributed by atoms with Crippen molar-refractivity contribution in [3.8, 4) is 0 Å². The van der Waals surface area contributed by atoms with Gasteiger partial charge in [-0.15, -0.1) is 0 Å². The molecule has 0 saturated carbocycles. The molecule has 0 fully saturated rings. The Labute approximate surface area is 95.2 Å². The van der Waals surface area contributed by atoms with Crippen molar-refractivity contribution < 1.29 is 9.53 Å². The highest BCUT2D eigenvalue weighted by atomic mass is 35.5. The molecule has 82 valence electrons. The van der Waals surface area contributed by atoms with Crippen LogP contribution in [0.5, 0.6) is 0 Å². The second kappa shape index (κ2) is 4.23. The molecule has 1 aromatic rings. The lowest BCUT2D eigenvalue weighted by Crippen LogP contribution is -2.09. The normalized spacial score (nSPS) is 10.3. The number of methoxy groups -OCH3 is 1. The van der Waals surface area contributed by atoms with Gasteiger partial charge in [-0.25, -0.2) is 4.79 Å². The van der Waals surface area contributed by atoms with E-state index in [0.29, 0.717) is 10.6 Å². The summed E-state index contributed by atoms with van der Waals surface area (Å²) in [5.74, 6) is -0.324. The molecule has 0 amide bonds. The van der Waals surface area contributed by atoms with Crippen LogP contribution in [0.2, 0.25) is 5.02 Å². The number of hydrogen-bond acceptors (Lipinski definition) is 2. The maximum Gasteiger partial charge on any atom is 0.338 e. The molecule has 0 spiro atoms. The van der Waals surface area contributed by atoms with E-state index in [0.717, 1.165) is 22.3 Å². The molecule has 0 aliphatic carbocycles. The van der Waals surface area contributed by atoms with Crippen molar-refractivity contribution in [2.24, 2.45) is 0 Å². The molecule has 0 bridgehead atoms. The molecule has 0 saturated heterocycles. The van der Waals surface area contributed by atoms with Crippen molar-refractivity contribution in [3.05, 3.63) is 32.8 Å². The first-order chi connectivity index (χ1) is 6.91. The number of hydrogen-bond donors (Lipinski definition) is 0. The van der Waals surface area contributed by atoms with Crippen molar-refractivity contribution in [1.82, 2.24) is 0 Å². The zero-order valence-corrected chi connectivity index (χ0v) is 10.5. The molecule has 0 unspecified atom stereocenters. The number of carbonyl (C=O) groups is 1. The SMILES string of the molecule is COC(=O)c1c(C)c(C)c(C)c(Cl)c1C. The predicted molar refractivity (Wildman–Crippen MR) is 61.7 cm³/mol. The Morgan fingerprint density at radius 3 is 2.00 bits per heavy atom. The van der Waals surface area contributed by atoms with Crippen molar-refractivity contribution >= 4 is 17.6 Å². The van der Waals surface area contributed by atoms with Crippen LogP contribution in [-0.4, -0.2) is 13.1 Å². The summed E-state index contributed by atoms with van der Waals surface area (Å²) in [5.41, 5.74) is 4.40. The second-order valence-corrected chi connectivity index (χ2v) is 4.06. The maximum absolute atomic E-state index is 11.6. The molecule has 0 radical (unpaired) electrons. The molecule has 15 heavy (non-hydrogen) atoms. The van der Waals surface area contributed by atoms with E-state index in [9.17, 15) is 4.79 Å². The Bertz CT molecular complexity index is 393. The van der Waals surface area contributed by atoms with Crippen LogP contribution in [0.4, 0.5) is 0 Å². The minimum absolute atomic E-state index is 0.324. The van der Waals surface area contributed by atoms with Gasteiger partial charge in [0.2, 0.25) is 0 Å². The number of benzene rings is 1. The molecule has 1 rings (SSSR count). The van der Waals surface area contributed by atoms with Gasteiger partial charge in [0.1, 0.15) is 0 Å². The first-order valence-corrected chi connectivity index (χ1v) is 5.13. The number of ether oxygens (including phenoxy) is 1. The molecule has 0 aliphatic rings. The molecule has 0 heterocycles. The lowest BCUT2D eigenvalue weighted by Gasteiger charge is -2.15. The number of esters is 1. The molecule has 2 nitrogen and oxygen atoms in total. The van der Waals surface area contributed by atoms with Crippen LogP contribution >= 0.6 is 11.6 Å². The van der Waals surface area contributed by atoms with Gasteiger partial charge >= 0.3 is 5.97 Å². The molecular formula is C12H15ClO2. The Kier molecular flexibility index (Phi) is 3.40. The summed E-state index contributed by atoms with van der Waals surface area (Å²) in [6.45, 7) is 7.67. The molecule has 1 aromatic carbocycles. The van der Waals surface area contributed by atoms with Crippen molar-refractivity contribution in [2.75, 3.05) is 7.11 Å². The highest BCUT2D eigenvalue weighted by Crippen LogP contribution is 2.30. The third kappa shape index (κ3) is 1.86. The summed E-state index contributed by atoms with van der Waals surface area (Å²) in [4.78, 5) is 11.6. The van der Waals surface area contributed by atoms with Gasteiger partial charge in [0.05, 0.1) is 12.7 Å². The molecular weight excluding hydrogens is 212 g/mol. The Balaban J connectivity index is 3.60. The van der Waals surface area contributed by atoms with E-state index < -0.39 is 0 Å². The maximum atomic E-state index is 11.6. The summed E-state index contributed by atoms with van der Waals surface area (Å²) in [7, 11) is 1.38. The monoisotopic (exact) mass is 226 g/mol. The lowest BCUT2D eigenvalue weighted by molar-refractivity contribution is 0.0599. The fourth-order valence-electron chi connectivity index (χ4n) is 1.71. The zero-order chi connectivity index (χ0) is 11.7. The van der Waals surface area contributed by atoms with Gasteiger partial charge in [-0.1, -0.05) is 11.6 Å². The van der Waals surface area contributed by atoms with Crippen LogP contribution in [-0.2, 0) is 4.74 Å². The van der Waals surface area contributed by atoms with Crippen LogP contribution in [0.1, 0.15) is 32.6 Å².